The van der Waals surface area contributed by atoms with Crippen LogP contribution in [-0.4, -0.2) is 55.5 Å². The number of methoxy groups -OCH3 is 1. The number of carbonyl (C=O) groups is 2. The minimum absolute atomic E-state index is 0.0308. The van der Waals surface area contributed by atoms with E-state index in [1.54, 1.807) is 7.11 Å². The second kappa shape index (κ2) is 9.26. The van der Waals surface area contributed by atoms with Crippen molar-refractivity contribution in [2.24, 2.45) is 23.7 Å². The molecule has 1 aromatic carbocycles. The molecule has 6 nitrogen and oxygen atoms in total. The molecule has 1 saturated heterocycles. The van der Waals surface area contributed by atoms with E-state index in [9.17, 15) is 9.59 Å². The first-order valence-electron chi connectivity index (χ1n) is 12.2. The van der Waals surface area contributed by atoms with Gasteiger partial charge in [0.25, 0.3) is 0 Å². The first-order valence-corrected chi connectivity index (χ1v) is 12.2. The molecule has 4 saturated carbocycles. The summed E-state index contributed by atoms with van der Waals surface area (Å²) in [6.07, 6.45) is 10.8. The van der Waals surface area contributed by atoms with Gasteiger partial charge in [-0.15, -0.1) is 0 Å². The van der Waals surface area contributed by atoms with Gasteiger partial charge in [-0.3, -0.25) is 14.5 Å². The van der Waals surface area contributed by atoms with Crippen molar-refractivity contribution in [1.82, 2.24) is 15.5 Å². The van der Waals surface area contributed by atoms with Crippen LogP contribution in [0, 0.1) is 23.7 Å². The molecule has 32 heavy (non-hydrogen) atoms. The van der Waals surface area contributed by atoms with Gasteiger partial charge in [0, 0.05) is 31.2 Å². The SMILES string of the molecule is COc1ccccc1/C=C/CN1CCNC(=O)[C@H]1CC(=O)NC1C2CC3CC(C2)CC1C3. The maximum absolute atomic E-state index is 13.0. The third-order valence-electron chi connectivity index (χ3n) is 8.15. The molecule has 1 atom stereocenters. The summed E-state index contributed by atoms with van der Waals surface area (Å²) in [5.41, 5.74) is 1.01. The molecule has 5 fully saturated rings. The fraction of sp³-hybridized carbons (Fsp3) is 0.615. The van der Waals surface area contributed by atoms with E-state index in [2.05, 4.69) is 21.6 Å². The van der Waals surface area contributed by atoms with E-state index in [-0.39, 0.29) is 18.2 Å². The van der Waals surface area contributed by atoms with Crippen molar-refractivity contribution < 1.29 is 14.3 Å². The lowest BCUT2D eigenvalue weighted by atomic mass is 9.54. The molecule has 0 unspecified atom stereocenters. The Morgan fingerprint density at radius 1 is 1.16 bits per heavy atom. The molecule has 1 aromatic rings. The average Bonchev–Trinajstić information content (AvgIpc) is 2.78. The lowest BCUT2D eigenvalue weighted by Crippen LogP contribution is -2.59. The van der Waals surface area contributed by atoms with Crippen LogP contribution in [0.4, 0.5) is 0 Å². The fourth-order valence-electron chi connectivity index (χ4n) is 6.90. The Morgan fingerprint density at radius 3 is 2.59 bits per heavy atom. The second-order valence-corrected chi connectivity index (χ2v) is 10.2. The molecule has 2 N–H and O–H groups in total. The van der Waals surface area contributed by atoms with Gasteiger partial charge in [0.1, 0.15) is 5.75 Å². The van der Waals surface area contributed by atoms with Crippen LogP contribution in [0.25, 0.3) is 6.08 Å². The number of hydrogen-bond acceptors (Lipinski definition) is 4. The first-order chi connectivity index (χ1) is 15.6. The molecule has 4 bridgehead atoms. The quantitative estimate of drug-likeness (QED) is 0.688. The van der Waals surface area contributed by atoms with Gasteiger partial charge in [-0.2, -0.15) is 0 Å². The summed E-state index contributed by atoms with van der Waals surface area (Å²) in [7, 11) is 1.67. The molecule has 172 valence electrons. The monoisotopic (exact) mass is 437 g/mol. The summed E-state index contributed by atoms with van der Waals surface area (Å²) in [5, 5.41) is 6.31. The number of piperazine rings is 1. The van der Waals surface area contributed by atoms with Crippen LogP contribution >= 0.6 is 0 Å². The molecule has 6 heteroatoms. The van der Waals surface area contributed by atoms with Crippen molar-refractivity contribution in [2.75, 3.05) is 26.7 Å². The van der Waals surface area contributed by atoms with Crippen molar-refractivity contribution in [3.8, 4) is 5.75 Å². The highest BCUT2D eigenvalue weighted by Gasteiger charge is 2.48. The number of nitrogens with one attached hydrogen (secondary N) is 2. The molecule has 0 spiro atoms. The van der Waals surface area contributed by atoms with Crippen molar-refractivity contribution in [2.45, 2.75) is 50.6 Å². The molecule has 5 aliphatic rings. The van der Waals surface area contributed by atoms with Gasteiger partial charge in [-0.05, 0) is 61.8 Å². The Hall–Kier alpha value is -2.34. The largest absolute Gasteiger partial charge is 0.496 e. The zero-order valence-corrected chi connectivity index (χ0v) is 19.0. The topological polar surface area (TPSA) is 70.7 Å². The molecule has 2 amide bonds. The van der Waals surface area contributed by atoms with Crippen molar-refractivity contribution in [3.63, 3.8) is 0 Å². The number of hydrogen-bond donors (Lipinski definition) is 2. The number of ether oxygens (including phenoxy) is 1. The summed E-state index contributed by atoms with van der Waals surface area (Å²) in [6, 6.07) is 7.78. The summed E-state index contributed by atoms with van der Waals surface area (Å²) < 4.78 is 5.41. The maximum atomic E-state index is 13.0. The van der Waals surface area contributed by atoms with Crippen LogP contribution < -0.4 is 15.4 Å². The zero-order chi connectivity index (χ0) is 22.1. The Bertz CT molecular complexity index is 855. The molecule has 0 radical (unpaired) electrons. The normalized spacial score (nSPS) is 34.0. The van der Waals surface area contributed by atoms with E-state index in [0.717, 1.165) is 29.7 Å². The van der Waals surface area contributed by atoms with Gasteiger partial charge < -0.3 is 15.4 Å². The summed E-state index contributed by atoms with van der Waals surface area (Å²) in [5.74, 6) is 3.89. The van der Waals surface area contributed by atoms with Crippen LogP contribution in [0.2, 0.25) is 0 Å². The predicted octanol–water partition coefficient (Wildman–Crippen LogP) is 2.84. The van der Waals surface area contributed by atoms with E-state index in [4.69, 9.17) is 4.74 Å². The molecule has 4 aliphatic carbocycles. The number of carbonyl (C=O) groups excluding carboxylic acids is 2. The third-order valence-corrected chi connectivity index (χ3v) is 8.15. The average molecular weight is 438 g/mol. The van der Waals surface area contributed by atoms with Crippen LogP contribution in [0.3, 0.4) is 0 Å². The highest BCUT2D eigenvalue weighted by Crippen LogP contribution is 2.53. The van der Waals surface area contributed by atoms with Gasteiger partial charge >= 0.3 is 0 Å². The first kappa shape index (κ1) is 21.5. The number of amides is 2. The lowest BCUT2D eigenvalue weighted by Gasteiger charge is -2.54. The summed E-state index contributed by atoms with van der Waals surface area (Å²) in [4.78, 5) is 27.8. The van der Waals surface area contributed by atoms with E-state index in [0.29, 0.717) is 31.0 Å². The maximum Gasteiger partial charge on any atom is 0.237 e. The van der Waals surface area contributed by atoms with E-state index >= 15 is 0 Å². The Morgan fingerprint density at radius 2 is 1.88 bits per heavy atom. The van der Waals surface area contributed by atoms with Crippen LogP contribution in [0.15, 0.2) is 30.3 Å². The Labute approximate surface area is 190 Å². The highest BCUT2D eigenvalue weighted by atomic mass is 16.5. The zero-order valence-electron chi connectivity index (χ0n) is 19.0. The molecular weight excluding hydrogens is 402 g/mol. The number of rotatable bonds is 7. The van der Waals surface area contributed by atoms with Crippen molar-refractivity contribution >= 4 is 17.9 Å². The number of nitrogens with zero attached hydrogens (tertiary/aromatic N) is 1. The second-order valence-electron chi connectivity index (χ2n) is 10.2. The van der Waals surface area contributed by atoms with Crippen LogP contribution in [-0.2, 0) is 9.59 Å². The smallest absolute Gasteiger partial charge is 0.237 e. The van der Waals surface area contributed by atoms with Crippen molar-refractivity contribution in [3.05, 3.63) is 35.9 Å². The highest BCUT2D eigenvalue weighted by molar-refractivity contribution is 5.89. The predicted molar refractivity (Wildman–Crippen MR) is 124 cm³/mol. The molecule has 1 heterocycles. The number of benzene rings is 1. The summed E-state index contributed by atoms with van der Waals surface area (Å²) in [6.45, 7) is 1.99. The standard InChI is InChI=1S/C26H35N3O3/c1-32-23-7-3-2-5-19(23)6-4-9-29-10-8-27-26(31)22(29)16-24(30)28-25-20-12-17-11-18(14-20)15-21(25)13-17/h2-7,17-18,20-22,25H,8-16H2,1H3,(H,27,31)(H,28,30)/b6-4+/t17?,18?,20?,21?,22-,25?/m1/s1. The van der Waals surface area contributed by atoms with E-state index in [1.807, 2.05) is 30.3 Å². The molecular formula is C26H35N3O3. The Balaban J connectivity index is 1.20. The minimum atomic E-state index is -0.414. The molecule has 6 rings (SSSR count). The number of para-hydroxylation sites is 1. The minimum Gasteiger partial charge on any atom is -0.496 e. The Kier molecular flexibility index (Phi) is 6.22. The van der Waals surface area contributed by atoms with Gasteiger partial charge in [-0.1, -0.05) is 30.4 Å². The van der Waals surface area contributed by atoms with Gasteiger partial charge in [-0.25, -0.2) is 0 Å². The van der Waals surface area contributed by atoms with Crippen LogP contribution in [0.1, 0.15) is 44.1 Å². The van der Waals surface area contributed by atoms with E-state index in [1.165, 1.54) is 32.1 Å². The van der Waals surface area contributed by atoms with Gasteiger partial charge in [0.05, 0.1) is 19.6 Å². The van der Waals surface area contributed by atoms with Gasteiger partial charge in [0.2, 0.25) is 11.8 Å². The van der Waals surface area contributed by atoms with Gasteiger partial charge in [0.15, 0.2) is 0 Å². The molecule has 0 aromatic heterocycles. The summed E-state index contributed by atoms with van der Waals surface area (Å²) >= 11 is 0. The fourth-order valence-corrected chi connectivity index (χ4v) is 6.90. The lowest BCUT2D eigenvalue weighted by molar-refractivity contribution is -0.135. The molecule has 1 aliphatic heterocycles. The van der Waals surface area contributed by atoms with E-state index < -0.39 is 6.04 Å². The van der Waals surface area contributed by atoms with Crippen molar-refractivity contribution in [1.29, 1.82) is 0 Å². The third kappa shape index (κ3) is 4.42. The van der Waals surface area contributed by atoms with Crippen LogP contribution in [0.5, 0.6) is 5.75 Å².